The number of hydrogen-bond acceptors (Lipinski definition) is 3. The van der Waals surface area contributed by atoms with Crippen LogP contribution in [0.25, 0.3) is 0 Å². The Balaban J connectivity index is 2.87. The van der Waals surface area contributed by atoms with E-state index in [-0.39, 0.29) is 0 Å². The molecule has 1 rings (SSSR count). The zero-order valence-corrected chi connectivity index (χ0v) is 10.9. The maximum absolute atomic E-state index is 5.38. The third-order valence-corrected chi connectivity index (χ3v) is 3.78. The molecule has 0 spiro atoms. The lowest BCUT2D eigenvalue weighted by atomic mass is 9.97. The van der Waals surface area contributed by atoms with E-state index in [2.05, 4.69) is 31.5 Å². The van der Waals surface area contributed by atoms with E-state index in [1.54, 1.807) is 18.4 Å². The van der Waals surface area contributed by atoms with E-state index in [4.69, 9.17) is 4.74 Å². The Morgan fingerprint density at radius 3 is 2.73 bits per heavy atom. The summed E-state index contributed by atoms with van der Waals surface area (Å²) < 4.78 is 5.38. The summed E-state index contributed by atoms with van der Waals surface area (Å²) in [6.45, 7) is 7.66. The number of methoxy groups -OCH3 is 1. The first kappa shape index (κ1) is 12.5. The van der Waals surface area contributed by atoms with Crippen LogP contribution in [0, 0.1) is 5.92 Å². The fourth-order valence-electron chi connectivity index (χ4n) is 1.71. The highest BCUT2D eigenvalue weighted by molar-refractivity contribution is 7.10. The van der Waals surface area contributed by atoms with Crippen molar-refractivity contribution < 1.29 is 4.74 Å². The van der Waals surface area contributed by atoms with Crippen molar-refractivity contribution in [2.24, 2.45) is 5.92 Å². The predicted molar refractivity (Wildman–Crippen MR) is 66.7 cm³/mol. The molecule has 0 radical (unpaired) electrons. The summed E-state index contributed by atoms with van der Waals surface area (Å²) in [4.78, 5) is 1.33. The van der Waals surface area contributed by atoms with Gasteiger partial charge in [-0.2, -0.15) is 0 Å². The third-order valence-electron chi connectivity index (χ3n) is 2.80. The highest BCUT2D eigenvalue weighted by Crippen LogP contribution is 2.35. The van der Waals surface area contributed by atoms with Crippen molar-refractivity contribution in [3.8, 4) is 5.75 Å². The van der Waals surface area contributed by atoms with Crippen LogP contribution >= 0.6 is 11.3 Å². The van der Waals surface area contributed by atoms with Crippen LogP contribution in [0.1, 0.15) is 38.1 Å². The number of rotatable bonds is 6. The van der Waals surface area contributed by atoms with Crippen LogP contribution in [-0.4, -0.2) is 13.7 Å². The molecule has 2 atom stereocenters. The highest BCUT2D eigenvalue weighted by Gasteiger charge is 2.21. The van der Waals surface area contributed by atoms with Gasteiger partial charge in [0.1, 0.15) is 5.75 Å². The molecule has 1 aromatic rings. The average molecular weight is 227 g/mol. The van der Waals surface area contributed by atoms with E-state index < -0.39 is 0 Å². The zero-order valence-electron chi connectivity index (χ0n) is 10.0. The van der Waals surface area contributed by atoms with Crippen LogP contribution in [0.2, 0.25) is 0 Å². The molecule has 15 heavy (non-hydrogen) atoms. The lowest BCUT2D eigenvalue weighted by Gasteiger charge is -2.23. The smallest absolute Gasteiger partial charge is 0.134 e. The van der Waals surface area contributed by atoms with Crippen LogP contribution in [0.15, 0.2) is 11.4 Å². The van der Waals surface area contributed by atoms with Crippen molar-refractivity contribution >= 4 is 11.3 Å². The predicted octanol–water partition coefficient (Wildman–Crippen LogP) is 3.45. The van der Waals surface area contributed by atoms with Crippen molar-refractivity contribution in [3.05, 3.63) is 16.3 Å². The summed E-state index contributed by atoms with van der Waals surface area (Å²) in [6.07, 6.45) is 1.18. The average Bonchev–Trinajstić information content (AvgIpc) is 2.72. The van der Waals surface area contributed by atoms with Gasteiger partial charge in [-0.1, -0.05) is 27.2 Å². The Hall–Kier alpha value is -0.540. The van der Waals surface area contributed by atoms with Crippen LogP contribution in [0.3, 0.4) is 0 Å². The SMILES string of the molecule is CCNC(c1sccc1OC)C(C)CC. The molecule has 0 saturated carbocycles. The van der Waals surface area contributed by atoms with Crippen molar-refractivity contribution in [2.45, 2.75) is 33.2 Å². The fraction of sp³-hybridized carbons (Fsp3) is 0.667. The number of hydrogen-bond donors (Lipinski definition) is 1. The van der Waals surface area contributed by atoms with Gasteiger partial charge in [-0.25, -0.2) is 0 Å². The van der Waals surface area contributed by atoms with E-state index in [1.807, 2.05) is 6.07 Å². The third kappa shape index (κ3) is 2.95. The topological polar surface area (TPSA) is 21.3 Å². The monoisotopic (exact) mass is 227 g/mol. The van der Waals surface area contributed by atoms with Gasteiger partial charge in [0, 0.05) is 6.04 Å². The fourth-order valence-corrected chi connectivity index (χ4v) is 2.78. The van der Waals surface area contributed by atoms with E-state index in [1.165, 1.54) is 11.3 Å². The minimum atomic E-state index is 0.426. The molecule has 0 fully saturated rings. The molecule has 1 aromatic heterocycles. The molecule has 2 nitrogen and oxygen atoms in total. The summed E-state index contributed by atoms with van der Waals surface area (Å²) in [5.41, 5.74) is 0. The molecule has 86 valence electrons. The molecule has 0 saturated heterocycles. The van der Waals surface area contributed by atoms with E-state index in [9.17, 15) is 0 Å². The summed E-state index contributed by atoms with van der Waals surface area (Å²) in [5, 5.41) is 5.64. The Bertz CT molecular complexity index is 285. The Kier molecular flexibility index (Phi) is 5.12. The first-order valence-electron chi connectivity index (χ1n) is 5.59. The standard InChI is InChI=1S/C12H21NOS/c1-5-9(3)11(13-6-2)12-10(14-4)7-8-15-12/h7-9,11,13H,5-6H2,1-4H3. The minimum absolute atomic E-state index is 0.426. The second kappa shape index (κ2) is 6.13. The summed E-state index contributed by atoms with van der Waals surface area (Å²) in [5.74, 6) is 1.66. The van der Waals surface area contributed by atoms with E-state index >= 15 is 0 Å². The molecule has 3 heteroatoms. The molecule has 0 aliphatic heterocycles. The Morgan fingerprint density at radius 2 is 2.20 bits per heavy atom. The van der Waals surface area contributed by atoms with Crippen molar-refractivity contribution in [1.29, 1.82) is 0 Å². The Morgan fingerprint density at radius 1 is 1.47 bits per heavy atom. The summed E-state index contributed by atoms with van der Waals surface area (Å²) in [6, 6.07) is 2.47. The van der Waals surface area contributed by atoms with Gasteiger partial charge in [0.15, 0.2) is 0 Å². The second-order valence-electron chi connectivity index (χ2n) is 3.77. The van der Waals surface area contributed by atoms with Gasteiger partial charge in [0.2, 0.25) is 0 Å². The molecule has 0 bridgehead atoms. The normalized spacial score (nSPS) is 14.9. The van der Waals surface area contributed by atoms with Gasteiger partial charge in [0.05, 0.1) is 12.0 Å². The molecule has 1 heterocycles. The first-order valence-corrected chi connectivity index (χ1v) is 6.47. The molecular weight excluding hydrogens is 206 g/mol. The number of ether oxygens (including phenoxy) is 1. The molecule has 0 aliphatic rings. The van der Waals surface area contributed by atoms with Crippen molar-refractivity contribution in [1.82, 2.24) is 5.32 Å². The van der Waals surface area contributed by atoms with Gasteiger partial charge < -0.3 is 10.1 Å². The van der Waals surface area contributed by atoms with E-state index in [0.717, 1.165) is 12.3 Å². The van der Waals surface area contributed by atoms with Gasteiger partial charge in [-0.05, 0) is 23.9 Å². The van der Waals surface area contributed by atoms with Crippen LogP contribution < -0.4 is 10.1 Å². The van der Waals surface area contributed by atoms with Crippen LogP contribution in [-0.2, 0) is 0 Å². The second-order valence-corrected chi connectivity index (χ2v) is 4.72. The largest absolute Gasteiger partial charge is 0.496 e. The van der Waals surface area contributed by atoms with Gasteiger partial charge in [0.25, 0.3) is 0 Å². The summed E-state index contributed by atoms with van der Waals surface area (Å²) in [7, 11) is 1.74. The zero-order chi connectivity index (χ0) is 11.3. The molecule has 0 amide bonds. The first-order chi connectivity index (χ1) is 7.24. The lowest BCUT2D eigenvalue weighted by molar-refractivity contribution is 0.362. The lowest BCUT2D eigenvalue weighted by Crippen LogP contribution is -2.26. The molecule has 0 aromatic carbocycles. The maximum atomic E-state index is 5.38. The molecule has 0 aliphatic carbocycles. The van der Waals surface area contributed by atoms with Gasteiger partial charge in [-0.3, -0.25) is 0 Å². The highest BCUT2D eigenvalue weighted by atomic mass is 32.1. The van der Waals surface area contributed by atoms with Crippen molar-refractivity contribution in [2.75, 3.05) is 13.7 Å². The van der Waals surface area contributed by atoms with Crippen LogP contribution in [0.5, 0.6) is 5.75 Å². The number of thiophene rings is 1. The maximum Gasteiger partial charge on any atom is 0.134 e. The quantitative estimate of drug-likeness (QED) is 0.803. The van der Waals surface area contributed by atoms with Gasteiger partial charge in [-0.15, -0.1) is 11.3 Å². The van der Waals surface area contributed by atoms with E-state index in [0.29, 0.717) is 12.0 Å². The molecular formula is C12H21NOS. The Labute approximate surface area is 96.7 Å². The van der Waals surface area contributed by atoms with Gasteiger partial charge >= 0.3 is 0 Å². The molecule has 2 unspecified atom stereocenters. The number of nitrogens with one attached hydrogen (secondary N) is 1. The summed E-state index contributed by atoms with van der Waals surface area (Å²) >= 11 is 1.78. The minimum Gasteiger partial charge on any atom is -0.496 e. The van der Waals surface area contributed by atoms with Crippen LogP contribution in [0.4, 0.5) is 0 Å². The molecule has 1 N–H and O–H groups in total. The van der Waals surface area contributed by atoms with Crippen molar-refractivity contribution in [3.63, 3.8) is 0 Å².